The summed E-state index contributed by atoms with van der Waals surface area (Å²) in [5, 5.41) is 5.77. The number of amides is 1. The second-order valence-electron chi connectivity index (χ2n) is 5.49. The van der Waals surface area contributed by atoms with E-state index in [0.717, 1.165) is 20.8 Å². The summed E-state index contributed by atoms with van der Waals surface area (Å²) in [5.74, 6) is 0.501. The molecule has 6 heteroatoms. The van der Waals surface area contributed by atoms with E-state index in [9.17, 15) is 4.79 Å². The molecule has 1 amide bonds. The van der Waals surface area contributed by atoms with Gasteiger partial charge in [0.2, 0.25) is 5.91 Å². The van der Waals surface area contributed by atoms with E-state index in [1.54, 1.807) is 25.3 Å². The van der Waals surface area contributed by atoms with Gasteiger partial charge in [0.25, 0.3) is 0 Å². The Morgan fingerprint density at radius 1 is 1.08 bits per heavy atom. The summed E-state index contributed by atoms with van der Waals surface area (Å²) in [6, 6.07) is 14.7. The second-order valence-corrected chi connectivity index (χ2v) is 7.28. The molecule has 25 heavy (non-hydrogen) atoms. The van der Waals surface area contributed by atoms with Crippen LogP contribution in [-0.4, -0.2) is 13.0 Å². The maximum Gasteiger partial charge on any atom is 0.228 e. The predicted molar refractivity (Wildman–Crippen MR) is 107 cm³/mol. The van der Waals surface area contributed by atoms with Crippen LogP contribution in [0.1, 0.15) is 5.56 Å². The number of nitrogens with one attached hydrogen (secondary N) is 1. The molecule has 0 saturated carbocycles. The van der Waals surface area contributed by atoms with E-state index < -0.39 is 0 Å². The molecule has 0 spiro atoms. The average molecular weight is 439 g/mol. The number of ether oxygens (including phenoxy) is 1. The van der Waals surface area contributed by atoms with Crippen LogP contribution in [0.2, 0.25) is 10.0 Å². The predicted octanol–water partition coefficient (Wildman–Crippen LogP) is 6.10. The van der Waals surface area contributed by atoms with Crippen molar-refractivity contribution in [3.05, 3.63) is 68.6 Å². The molecular formula is C19H14BrCl2NO2. The Morgan fingerprint density at radius 3 is 2.48 bits per heavy atom. The van der Waals surface area contributed by atoms with Crippen molar-refractivity contribution in [3.8, 4) is 5.75 Å². The van der Waals surface area contributed by atoms with Gasteiger partial charge < -0.3 is 10.1 Å². The third-order valence-corrected chi connectivity index (χ3v) is 4.68. The summed E-state index contributed by atoms with van der Waals surface area (Å²) in [5.41, 5.74) is 1.39. The van der Waals surface area contributed by atoms with Gasteiger partial charge in [-0.2, -0.15) is 0 Å². The summed E-state index contributed by atoms with van der Waals surface area (Å²) in [6.07, 6.45) is 0.173. The fourth-order valence-corrected chi connectivity index (χ4v) is 3.62. The number of hydrogen-bond donors (Lipinski definition) is 1. The summed E-state index contributed by atoms with van der Waals surface area (Å²) >= 11 is 15.4. The molecule has 3 aromatic carbocycles. The van der Waals surface area contributed by atoms with Crippen LogP contribution in [0.25, 0.3) is 10.8 Å². The SMILES string of the molecule is COc1ccc2cc(Br)ccc2c1CC(=O)Nc1cc(Cl)cc(Cl)c1. The number of benzene rings is 3. The van der Waals surface area contributed by atoms with Crippen molar-refractivity contribution in [1.82, 2.24) is 0 Å². The molecule has 0 fully saturated rings. The number of methoxy groups -OCH3 is 1. The van der Waals surface area contributed by atoms with Gasteiger partial charge in [0, 0.05) is 25.8 Å². The van der Waals surface area contributed by atoms with Gasteiger partial charge in [0.05, 0.1) is 13.5 Å². The molecule has 0 atom stereocenters. The zero-order chi connectivity index (χ0) is 18.0. The van der Waals surface area contributed by atoms with Gasteiger partial charge in [-0.3, -0.25) is 4.79 Å². The van der Waals surface area contributed by atoms with Crippen molar-refractivity contribution >= 4 is 61.5 Å². The van der Waals surface area contributed by atoms with Crippen LogP contribution in [-0.2, 0) is 11.2 Å². The minimum atomic E-state index is -0.174. The van der Waals surface area contributed by atoms with Crippen LogP contribution in [0.4, 0.5) is 5.69 Å². The zero-order valence-corrected chi connectivity index (χ0v) is 16.4. The highest BCUT2D eigenvalue weighted by molar-refractivity contribution is 9.10. The van der Waals surface area contributed by atoms with E-state index in [1.807, 2.05) is 30.3 Å². The third kappa shape index (κ3) is 4.27. The Labute approximate surface area is 164 Å². The average Bonchev–Trinajstić information content (AvgIpc) is 2.53. The summed E-state index contributed by atoms with van der Waals surface area (Å²) in [7, 11) is 1.60. The van der Waals surface area contributed by atoms with Crippen LogP contribution in [0, 0.1) is 0 Å². The lowest BCUT2D eigenvalue weighted by Gasteiger charge is -2.13. The summed E-state index contributed by atoms with van der Waals surface area (Å²) < 4.78 is 6.42. The molecule has 3 rings (SSSR count). The first kappa shape index (κ1) is 18.1. The molecule has 3 nitrogen and oxygen atoms in total. The largest absolute Gasteiger partial charge is 0.496 e. The van der Waals surface area contributed by atoms with Crippen molar-refractivity contribution in [3.63, 3.8) is 0 Å². The molecule has 0 saturated heterocycles. The number of fused-ring (bicyclic) bond motifs is 1. The highest BCUT2D eigenvalue weighted by atomic mass is 79.9. The first-order chi connectivity index (χ1) is 12.0. The lowest BCUT2D eigenvalue weighted by atomic mass is 10.0. The van der Waals surface area contributed by atoms with Crippen molar-refractivity contribution in [2.45, 2.75) is 6.42 Å². The van der Waals surface area contributed by atoms with E-state index >= 15 is 0 Å². The molecule has 0 aliphatic heterocycles. The lowest BCUT2D eigenvalue weighted by Crippen LogP contribution is -2.15. The topological polar surface area (TPSA) is 38.3 Å². The smallest absolute Gasteiger partial charge is 0.228 e. The van der Waals surface area contributed by atoms with Gasteiger partial charge in [-0.05, 0) is 47.2 Å². The molecule has 3 aromatic rings. The van der Waals surface area contributed by atoms with Gasteiger partial charge in [-0.15, -0.1) is 0 Å². The van der Waals surface area contributed by atoms with Crippen LogP contribution in [0.5, 0.6) is 5.75 Å². The number of carbonyl (C=O) groups excluding carboxylic acids is 1. The standard InChI is InChI=1S/C19H14BrCl2NO2/c1-25-18-5-2-11-6-12(20)3-4-16(11)17(18)10-19(24)23-15-8-13(21)7-14(22)9-15/h2-9H,10H2,1H3,(H,23,24). The number of anilines is 1. The molecule has 0 heterocycles. The lowest BCUT2D eigenvalue weighted by molar-refractivity contribution is -0.115. The van der Waals surface area contributed by atoms with Gasteiger partial charge in [0.1, 0.15) is 5.75 Å². The highest BCUT2D eigenvalue weighted by Crippen LogP contribution is 2.31. The van der Waals surface area contributed by atoms with E-state index in [1.165, 1.54) is 0 Å². The Bertz CT molecular complexity index is 939. The zero-order valence-electron chi connectivity index (χ0n) is 13.3. The first-order valence-electron chi connectivity index (χ1n) is 7.47. The monoisotopic (exact) mass is 437 g/mol. The van der Waals surface area contributed by atoms with Crippen LogP contribution < -0.4 is 10.1 Å². The molecule has 0 bridgehead atoms. The van der Waals surface area contributed by atoms with E-state index in [4.69, 9.17) is 27.9 Å². The third-order valence-electron chi connectivity index (χ3n) is 3.75. The van der Waals surface area contributed by atoms with Gasteiger partial charge >= 0.3 is 0 Å². The minimum Gasteiger partial charge on any atom is -0.496 e. The fourth-order valence-electron chi connectivity index (χ4n) is 2.71. The molecule has 0 radical (unpaired) electrons. The summed E-state index contributed by atoms with van der Waals surface area (Å²) in [6.45, 7) is 0. The van der Waals surface area contributed by atoms with Gasteiger partial charge in [0.15, 0.2) is 0 Å². The van der Waals surface area contributed by atoms with Gasteiger partial charge in [-0.25, -0.2) is 0 Å². The summed E-state index contributed by atoms with van der Waals surface area (Å²) in [4.78, 5) is 12.5. The first-order valence-corrected chi connectivity index (χ1v) is 9.02. The number of hydrogen-bond acceptors (Lipinski definition) is 2. The molecule has 0 aliphatic rings. The van der Waals surface area contributed by atoms with E-state index in [-0.39, 0.29) is 12.3 Å². The number of rotatable bonds is 4. The molecule has 128 valence electrons. The maximum atomic E-state index is 12.5. The van der Waals surface area contributed by atoms with E-state index in [0.29, 0.717) is 21.5 Å². The normalized spacial score (nSPS) is 10.7. The Morgan fingerprint density at radius 2 is 1.80 bits per heavy atom. The molecule has 0 aromatic heterocycles. The minimum absolute atomic E-state index is 0.173. The Kier molecular flexibility index (Phi) is 5.52. The molecule has 0 aliphatic carbocycles. The van der Waals surface area contributed by atoms with Crippen LogP contribution in [0.15, 0.2) is 53.0 Å². The number of halogens is 3. The molecule has 1 N–H and O–H groups in total. The van der Waals surface area contributed by atoms with Crippen molar-refractivity contribution in [1.29, 1.82) is 0 Å². The van der Waals surface area contributed by atoms with Crippen LogP contribution >= 0.6 is 39.1 Å². The van der Waals surface area contributed by atoms with E-state index in [2.05, 4.69) is 21.2 Å². The highest BCUT2D eigenvalue weighted by Gasteiger charge is 2.14. The van der Waals surface area contributed by atoms with Crippen molar-refractivity contribution < 1.29 is 9.53 Å². The van der Waals surface area contributed by atoms with Crippen molar-refractivity contribution in [2.24, 2.45) is 0 Å². The molecular weight excluding hydrogens is 425 g/mol. The Hall–Kier alpha value is -1.75. The number of carbonyl (C=O) groups is 1. The van der Waals surface area contributed by atoms with Crippen LogP contribution in [0.3, 0.4) is 0 Å². The second kappa shape index (κ2) is 7.65. The fraction of sp³-hybridized carbons (Fsp3) is 0.105. The Balaban J connectivity index is 1.92. The molecule has 0 unspecified atom stereocenters. The maximum absolute atomic E-state index is 12.5. The van der Waals surface area contributed by atoms with Gasteiger partial charge in [-0.1, -0.05) is 51.3 Å². The quantitative estimate of drug-likeness (QED) is 0.534. The van der Waals surface area contributed by atoms with Crippen molar-refractivity contribution in [2.75, 3.05) is 12.4 Å².